The van der Waals surface area contributed by atoms with E-state index in [-0.39, 0.29) is 11.6 Å². The van der Waals surface area contributed by atoms with E-state index in [2.05, 4.69) is 15.3 Å². The summed E-state index contributed by atoms with van der Waals surface area (Å²) in [6.45, 7) is 0. The summed E-state index contributed by atoms with van der Waals surface area (Å²) in [6, 6.07) is 12.6. The van der Waals surface area contributed by atoms with Crippen molar-refractivity contribution in [3.63, 3.8) is 0 Å². The number of methoxy groups -OCH3 is 1. The molecule has 0 saturated carbocycles. The third-order valence-corrected chi connectivity index (χ3v) is 3.34. The van der Waals surface area contributed by atoms with Crippen molar-refractivity contribution in [2.75, 3.05) is 12.4 Å². The zero-order valence-corrected chi connectivity index (χ0v) is 12.5. The predicted molar refractivity (Wildman–Crippen MR) is 85.5 cm³/mol. The maximum Gasteiger partial charge on any atom is 0.274 e. The van der Waals surface area contributed by atoms with Crippen molar-refractivity contribution in [1.82, 2.24) is 9.97 Å². The topological polar surface area (TPSA) is 64.1 Å². The van der Waals surface area contributed by atoms with Crippen LogP contribution in [0, 0.1) is 0 Å². The molecule has 1 amide bonds. The molecule has 0 unspecified atom stereocenters. The van der Waals surface area contributed by atoms with Gasteiger partial charge >= 0.3 is 0 Å². The molecular formula is C16H12ClN3O2. The molecule has 3 aromatic rings. The zero-order valence-electron chi connectivity index (χ0n) is 11.7. The molecule has 0 fully saturated rings. The number of rotatable bonds is 3. The molecule has 0 atom stereocenters. The van der Waals surface area contributed by atoms with Crippen molar-refractivity contribution >= 4 is 34.0 Å². The Morgan fingerprint density at radius 3 is 2.77 bits per heavy atom. The minimum atomic E-state index is -0.340. The van der Waals surface area contributed by atoms with Gasteiger partial charge < -0.3 is 10.1 Å². The van der Waals surface area contributed by atoms with Crippen molar-refractivity contribution in [3.8, 4) is 5.88 Å². The average molecular weight is 314 g/mol. The first-order valence-electron chi connectivity index (χ1n) is 6.54. The number of carbonyl (C=O) groups is 1. The number of nitrogens with one attached hydrogen (secondary N) is 1. The lowest BCUT2D eigenvalue weighted by Gasteiger charge is -2.08. The predicted octanol–water partition coefficient (Wildman–Crippen LogP) is 3.54. The van der Waals surface area contributed by atoms with Crippen LogP contribution in [-0.2, 0) is 0 Å². The van der Waals surface area contributed by atoms with Gasteiger partial charge in [-0.2, -0.15) is 0 Å². The third kappa shape index (κ3) is 2.84. The summed E-state index contributed by atoms with van der Waals surface area (Å²) >= 11 is 5.72. The highest BCUT2D eigenvalue weighted by Crippen LogP contribution is 2.24. The number of pyridine rings is 2. The van der Waals surface area contributed by atoms with E-state index < -0.39 is 0 Å². The van der Waals surface area contributed by atoms with E-state index in [1.54, 1.807) is 18.2 Å². The van der Waals surface area contributed by atoms with Crippen LogP contribution in [0.4, 0.5) is 5.69 Å². The summed E-state index contributed by atoms with van der Waals surface area (Å²) in [6.07, 6.45) is 1.48. The average Bonchev–Trinajstić information content (AvgIpc) is 2.55. The summed E-state index contributed by atoms with van der Waals surface area (Å²) in [7, 11) is 1.53. The second kappa shape index (κ2) is 5.99. The Morgan fingerprint density at radius 1 is 1.23 bits per heavy atom. The normalized spacial score (nSPS) is 10.5. The van der Waals surface area contributed by atoms with Gasteiger partial charge in [0.2, 0.25) is 5.88 Å². The maximum atomic E-state index is 12.3. The monoisotopic (exact) mass is 313 g/mol. The number of amides is 1. The number of ether oxygens (including phenoxy) is 1. The largest absolute Gasteiger partial charge is 0.481 e. The highest BCUT2D eigenvalue weighted by molar-refractivity contribution is 6.29. The van der Waals surface area contributed by atoms with Gasteiger partial charge in [0.1, 0.15) is 10.8 Å². The molecule has 2 heterocycles. The molecule has 6 heteroatoms. The van der Waals surface area contributed by atoms with Gasteiger partial charge in [-0.1, -0.05) is 29.8 Å². The second-order valence-electron chi connectivity index (χ2n) is 4.56. The van der Waals surface area contributed by atoms with E-state index >= 15 is 0 Å². The van der Waals surface area contributed by atoms with E-state index in [9.17, 15) is 4.79 Å². The van der Waals surface area contributed by atoms with Gasteiger partial charge in [0.05, 0.1) is 19.0 Å². The van der Waals surface area contributed by atoms with Crippen LogP contribution in [0.5, 0.6) is 5.88 Å². The lowest BCUT2D eigenvalue weighted by Crippen LogP contribution is -2.14. The Balaban J connectivity index is 1.95. The second-order valence-corrected chi connectivity index (χ2v) is 4.95. The van der Waals surface area contributed by atoms with E-state index in [1.807, 2.05) is 24.3 Å². The lowest BCUT2D eigenvalue weighted by atomic mass is 10.1. The summed E-state index contributed by atoms with van der Waals surface area (Å²) in [5, 5.41) is 4.83. The SMILES string of the molecule is COc1nc(C(=O)Nc2ccc(Cl)nc2)cc2ccccc12. The first-order valence-corrected chi connectivity index (χ1v) is 6.92. The molecule has 110 valence electrons. The molecule has 0 spiro atoms. The van der Waals surface area contributed by atoms with Gasteiger partial charge in [-0.25, -0.2) is 9.97 Å². The molecule has 0 aliphatic heterocycles. The van der Waals surface area contributed by atoms with Crippen molar-refractivity contribution in [2.45, 2.75) is 0 Å². The molecule has 0 aliphatic rings. The van der Waals surface area contributed by atoms with E-state index in [1.165, 1.54) is 13.3 Å². The number of carbonyl (C=O) groups excluding carboxylic acids is 1. The first kappa shape index (κ1) is 14.3. The maximum absolute atomic E-state index is 12.3. The van der Waals surface area contributed by atoms with E-state index in [0.29, 0.717) is 16.7 Å². The van der Waals surface area contributed by atoms with E-state index in [4.69, 9.17) is 16.3 Å². The summed E-state index contributed by atoms with van der Waals surface area (Å²) < 4.78 is 5.26. The number of hydrogen-bond donors (Lipinski definition) is 1. The van der Waals surface area contributed by atoms with Crippen LogP contribution in [0.1, 0.15) is 10.5 Å². The van der Waals surface area contributed by atoms with Crippen LogP contribution in [0.2, 0.25) is 5.15 Å². The van der Waals surface area contributed by atoms with Gasteiger partial charge in [0.25, 0.3) is 5.91 Å². The number of hydrogen-bond acceptors (Lipinski definition) is 4. The molecule has 1 N–H and O–H groups in total. The summed E-state index contributed by atoms with van der Waals surface area (Å²) in [4.78, 5) is 20.5. The molecular weight excluding hydrogens is 302 g/mol. The molecule has 2 aromatic heterocycles. The highest BCUT2D eigenvalue weighted by Gasteiger charge is 2.13. The smallest absolute Gasteiger partial charge is 0.274 e. The standard InChI is InChI=1S/C16H12ClN3O2/c1-22-16-12-5-3-2-4-10(12)8-13(20-16)15(21)19-11-6-7-14(17)18-9-11/h2-9H,1H3,(H,19,21). The summed E-state index contributed by atoms with van der Waals surface area (Å²) in [5.41, 5.74) is 0.814. The number of halogens is 1. The number of aromatic nitrogens is 2. The van der Waals surface area contributed by atoms with Crippen molar-refractivity contribution < 1.29 is 9.53 Å². The van der Waals surface area contributed by atoms with Crippen molar-refractivity contribution in [3.05, 3.63) is 59.5 Å². The van der Waals surface area contributed by atoms with Gasteiger partial charge in [0, 0.05) is 5.39 Å². The molecule has 5 nitrogen and oxygen atoms in total. The van der Waals surface area contributed by atoms with Gasteiger partial charge in [-0.15, -0.1) is 0 Å². The molecule has 1 aromatic carbocycles. The fourth-order valence-electron chi connectivity index (χ4n) is 2.08. The van der Waals surface area contributed by atoms with Gasteiger partial charge in [-0.3, -0.25) is 4.79 Å². The fourth-order valence-corrected chi connectivity index (χ4v) is 2.20. The molecule has 3 rings (SSSR count). The zero-order chi connectivity index (χ0) is 15.5. The highest BCUT2D eigenvalue weighted by atomic mass is 35.5. The number of nitrogens with zero attached hydrogens (tertiary/aromatic N) is 2. The Labute approximate surface area is 131 Å². The molecule has 0 radical (unpaired) electrons. The van der Waals surface area contributed by atoms with Crippen LogP contribution in [0.15, 0.2) is 48.7 Å². The van der Waals surface area contributed by atoms with Crippen LogP contribution in [0.3, 0.4) is 0 Å². The third-order valence-electron chi connectivity index (χ3n) is 3.12. The number of anilines is 1. The Bertz CT molecular complexity index is 834. The molecule has 22 heavy (non-hydrogen) atoms. The van der Waals surface area contributed by atoms with Crippen LogP contribution in [0.25, 0.3) is 10.8 Å². The Hall–Kier alpha value is -2.66. The minimum absolute atomic E-state index is 0.269. The van der Waals surface area contributed by atoms with Crippen molar-refractivity contribution in [2.24, 2.45) is 0 Å². The van der Waals surface area contributed by atoms with Crippen LogP contribution in [-0.4, -0.2) is 23.0 Å². The number of fused-ring (bicyclic) bond motifs is 1. The quantitative estimate of drug-likeness (QED) is 0.751. The molecule has 0 saturated heterocycles. The van der Waals surface area contributed by atoms with Crippen molar-refractivity contribution in [1.29, 1.82) is 0 Å². The summed E-state index contributed by atoms with van der Waals surface area (Å²) in [5.74, 6) is 0.0747. The first-order chi connectivity index (χ1) is 10.7. The number of benzene rings is 1. The van der Waals surface area contributed by atoms with Crippen LogP contribution < -0.4 is 10.1 Å². The van der Waals surface area contributed by atoms with Crippen LogP contribution >= 0.6 is 11.6 Å². The fraction of sp³-hybridized carbons (Fsp3) is 0.0625. The molecule has 0 aliphatic carbocycles. The Kier molecular flexibility index (Phi) is 3.89. The molecule has 0 bridgehead atoms. The lowest BCUT2D eigenvalue weighted by molar-refractivity contribution is 0.102. The van der Waals surface area contributed by atoms with Gasteiger partial charge in [0.15, 0.2) is 0 Å². The Morgan fingerprint density at radius 2 is 2.05 bits per heavy atom. The van der Waals surface area contributed by atoms with E-state index in [0.717, 1.165) is 10.8 Å². The minimum Gasteiger partial charge on any atom is -0.481 e. The van der Waals surface area contributed by atoms with Gasteiger partial charge in [-0.05, 0) is 29.7 Å².